The molecular formula is C26H31N3O3S2. The lowest BCUT2D eigenvalue weighted by molar-refractivity contribution is -0.134. The van der Waals surface area contributed by atoms with Crippen LogP contribution >= 0.6 is 11.8 Å². The molecule has 3 aromatic rings. The van der Waals surface area contributed by atoms with Crippen LogP contribution in [0.5, 0.6) is 0 Å². The zero-order chi connectivity index (χ0) is 24.0. The molecule has 1 aliphatic rings. The van der Waals surface area contributed by atoms with Gasteiger partial charge in [-0.25, -0.2) is 13.4 Å². The molecule has 0 saturated carbocycles. The largest absolute Gasteiger partial charge is 0.341 e. The lowest BCUT2D eigenvalue weighted by Gasteiger charge is -2.33. The van der Waals surface area contributed by atoms with Gasteiger partial charge in [-0.2, -0.15) is 4.72 Å². The molecule has 2 heterocycles. The van der Waals surface area contributed by atoms with E-state index in [0.29, 0.717) is 31.8 Å². The van der Waals surface area contributed by atoms with E-state index >= 15 is 0 Å². The quantitative estimate of drug-likeness (QED) is 0.342. The Kier molecular flexibility index (Phi) is 8.24. The molecule has 0 aliphatic carbocycles. The van der Waals surface area contributed by atoms with Crippen molar-refractivity contribution >= 4 is 38.5 Å². The summed E-state index contributed by atoms with van der Waals surface area (Å²) >= 11 is 1.61. The van der Waals surface area contributed by atoms with Gasteiger partial charge in [0.25, 0.3) is 0 Å². The highest BCUT2D eigenvalue weighted by Gasteiger charge is 2.30. The topological polar surface area (TPSA) is 79.4 Å². The molecule has 1 atom stereocenters. The van der Waals surface area contributed by atoms with Gasteiger partial charge in [-0.05, 0) is 72.4 Å². The third-order valence-corrected chi connectivity index (χ3v) is 8.75. The van der Waals surface area contributed by atoms with Gasteiger partial charge in [0.2, 0.25) is 15.9 Å². The second-order valence-corrected chi connectivity index (χ2v) is 11.7. The average Bonchev–Trinajstić information content (AvgIpc) is 2.86. The van der Waals surface area contributed by atoms with Crippen molar-refractivity contribution in [3.63, 3.8) is 0 Å². The molecular weight excluding hydrogens is 466 g/mol. The van der Waals surface area contributed by atoms with Crippen molar-refractivity contribution < 1.29 is 13.2 Å². The number of benzene rings is 2. The minimum absolute atomic E-state index is 0.126. The second kappa shape index (κ2) is 11.3. The van der Waals surface area contributed by atoms with Crippen molar-refractivity contribution in [2.75, 3.05) is 18.8 Å². The van der Waals surface area contributed by atoms with E-state index in [1.807, 2.05) is 47.4 Å². The van der Waals surface area contributed by atoms with Crippen LogP contribution in [0.25, 0.3) is 10.8 Å². The number of nitrogens with zero attached hydrogens (tertiary/aromatic N) is 2. The molecule has 0 bridgehead atoms. The van der Waals surface area contributed by atoms with E-state index in [-0.39, 0.29) is 10.8 Å². The SMILES string of the molecule is CC1CCN(C(=O)[C@H](CCCSc2ccccn2)NS(=O)(=O)c2ccc3ccccc3c2)CC1. The van der Waals surface area contributed by atoms with Gasteiger partial charge in [0.15, 0.2) is 0 Å². The van der Waals surface area contributed by atoms with Crippen LogP contribution in [0.4, 0.5) is 0 Å². The van der Waals surface area contributed by atoms with E-state index in [4.69, 9.17) is 0 Å². The number of nitrogens with one attached hydrogen (secondary N) is 1. The van der Waals surface area contributed by atoms with Gasteiger partial charge in [0.05, 0.1) is 9.92 Å². The highest BCUT2D eigenvalue weighted by atomic mass is 32.2. The van der Waals surface area contributed by atoms with Crippen molar-refractivity contribution in [3.05, 3.63) is 66.9 Å². The van der Waals surface area contributed by atoms with E-state index in [9.17, 15) is 13.2 Å². The van der Waals surface area contributed by atoms with Gasteiger partial charge in [-0.1, -0.05) is 43.3 Å². The Labute approximate surface area is 206 Å². The van der Waals surface area contributed by atoms with Crippen LogP contribution in [0.2, 0.25) is 0 Å². The van der Waals surface area contributed by atoms with Crippen LogP contribution < -0.4 is 4.72 Å². The summed E-state index contributed by atoms with van der Waals surface area (Å²) in [7, 11) is -3.85. The Bertz CT molecular complexity index is 1210. The fraction of sp³-hybridized carbons (Fsp3) is 0.385. The first-order valence-electron chi connectivity index (χ1n) is 11.8. The minimum atomic E-state index is -3.85. The maximum absolute atomic E-state index is 13.4. The molecule has 1 aliphatic heterocycles. The Morgan fingerprint density at radius 1 is 1.09 bits per heavy atom. The standard InChI is InChI=1S/C26H31N3O3S2/c1-20-13-16-29(17-14-20)26(30)24(9-6-18-33-25-10-4-5-15-27-25)28-34(31,32)23-12-11-21-7-2-3-8-22(21)19-23/h2-5,7-8,10-12,15,19-20,24,28H,6,9,13-14,16-18H2,1H3/t24-/m0/s1. The molecule has 4 rings (SSSR count). The summed E-state index contributed by atoms with van der Waals surface area (Å²) in [4.78, 5) is 19.7. The fourth-order valence-electron chi connectivity index (χ4n) is 4.17. The molecule has 1 saturated heterocycles. The Morgan fingerprint density at radius 3 is 2.56 bits per heavy atom. The third-order valence-electron chi connectivity index (χ3n) is 6.25. The number of fused-ring (bicyclic) bond motifs is 1. The summed E-state index contributed by atoms with van der Waals surface area (Å²) in [5, 5.41) is 2.75. The molecule has 34 heavy (non-hydrogen) atoms. The smallest absolute Gasteiger partial charge is 0.241 e. The first-order valence-corrected chi connectivity index (χ1v) is 14.2. The number of sulfonamides is 1. The van der Waals surface area contributed by atoms with Crippen molar-refractivity contribution in [1.82, 2.24) is 14.6 Å². The van der Waals surface area contributed by atoms with Crippen LogP contribution in [-0.4, -0.2) is 49.1 Å². The van der Waals surface area contributed by atoms with Crippen molar-refractivity contribution in [1.29, 1.82) is 0 Å². The molecule has 0 unspecified atom stereocenters. The van der Waals surface area contributed by atoms with Gasteiger partial charge in [0, 0.05) is 19.3 Å². The number of carbonyl (C=O) groups excluding carboxylic acids is 1. The number of aromatic nitrogens is 1. The molecule has 1 amide bonds. The third kappa shape index (κ3) is 6.37. The van der Waals surface area contributed by atoms with Crippen LogP contribution in [-0.2, 0) is 14.8 Å². The van der Waals surface area contributed by atoms with E-state index < -0.39 is 16.1 Å². The predicted octanol–water partition coefficient (Wildman–Crippen LogP) is 4.71. The van der Waals surface area contributed by atoms with Crippen molar-refractivity contribution in [3.8, 4) is 0 Å². The summed E-state index contributed by atoms with van der Waals surface area (Å²) in [5.41, 5.74) is 0. The number of amides is 1. The summed E-state index contributed by atoms with van der Waals surface area (Å²) in [6.07, 6.45) is 4.79. The number of hydrogen-bond acceptors (Lipinski definition) is 5. The molecule has 180 valence electrons. The van der Waals surface area contributed by atoms with E-state index in [1.165, 1.54) is 0 Å². The van der Waals surface area contributed by atoms with E-state index in [2.05, 4.69) is 16.6 Å². The van der Waals surface area contributed by atoms with Crippen molar-refractivity contribution in [2.45, 2.75) is 48.6 Å². The van der Waals surface area contributed by atoms with E-state index in [1.54, 1.807) is 36.2 Å². The predicted molar refractivity (Wildman–Crippen MR) is 137 cm³/mol. The van der Waals surface area contributed by atoms with E-state index in [0.717, 1.165) is 34.4 Å². The lowest BCUT2D eigenvalue weighted by Crippen LogP contribution is -2.50. The fourth-order valence-corrected chi connectivity index (χ4v) is 6.26. The molecule has 1 aromatic heterocycles. The number of carbonyl (C=O) groups is 1. The minimum Gasteiger partial charge on any atom is -0.341 e. The zero-order valence-corrected chi connectivity index (χ0v) is 21.0. The Morgan fingerprint density at radius 2 is 1.82 bits per heavy atom. The maximum Gasteiger partial charge on any atom is 0.241 e. The summed E-state index contributed by atoms with van der Waals surface area (Å²) in [5.74, 6) is 1.22. The Hall–Kier alpha value is -2.42. The van der Waals surface area contributed by atoms with Crippen LogP contribution in [0, 0.1) is 5.92 Å². The highest BCUT2D eigenvalue weighted by molar-refractivity contribution is 7.99. The molecule has 8 heteroatoms. The molecule has 1 fully saturated rings. The first-order chi connectivity index (χ1) is 16.4. The number of piperidine rings is 1. The number of likely N-dealkylation sites (tertiary alicyclic amines) is 1. The summed E-state index contributed by atoms with van der Waals surface area (Å²) in [6, 6.07) is 17.7. The normalized spacial score (nSPS) is 16.0. The van der Waals surface area contributed by atoms with Gasteiger partial charge < -0.3 is 4.90 Å². The van der Waals surface area contributed by atoms with Gasteiger partial charge in [-0.3, -0.25) is 4.79 Å². The van der Waals surface area contributed by atoms with Gasteiger partial charge in [-0.15, -0.1) is 11.8 Å². The number of pyridine rings is 1. The zero-order valence-electron chi connectivity index (χ0n) is 19.4. The number of rotatable bonds is 9. The van der Waals surface area contributed by atoms with Crippen LogP contribution in [0.3, 0.4) is 0 Å². The second-order valence-electron chi connectivity index (χ2n) is 8.85. The van der Waals surface area contributed by atoms with Gasteiger partial charge in [0.1, 0.15) is 6.04 Å². The molecule has 0 spiro atoms. The van der Waals surface area contributed by atoms with Gasteiger partial charge >= 0.3 is 0 Å². The summed E-state index contributed by atoms with van der Waals surface area (Å²) < 4.78 is 29.3. The lowest BCUT2D eigenvalue weighted by atomic mass is 9.98. The highest BCUT2D eigenvalue weighted by Crippen LogP contribution is 2.22. The van der Waals surface area contributed by atoms with Crippen molar-refractivity contribution in [2.24, 2.45) is 5.92 Å². The monoisotopic (exact) mass is 497 g/mol. The number of hydrogen-bond donors (Lipinski definition) is 1. The van der Waals surface area contributed by atoms with Crippen LogP contribution in [0.15, 0.2) is 76.8 Å². The molecule has 1 N–H and O–H groups in total. The maximum atomic E-state index is 13.4. The Balaban J connectivity index is 1.47. The first kappa shape index (κ1) is 24.7. The van der Waals surface area contributed by atoms with Crippen LogP contribution in [0.1, 0.15) is 32.6 Å². The summed E-state index contributed by atoms with van der Waals surface area (Å²) in [6.45, 7) is 3.55. The molecule has 6 nitrogen and oxygen atoms in total. The molecule has 0 radical (unpaired) electrons. The number of thioether (sulfide) groups is 1. The average molecular weight is 498 g/mol. The molecule has 2 aromatic carbocycles.